The van der Waals surface area contributed by atoms with E-state index in [2.05, 4.69) is 47.2 Å². The van der Waals surface area contributed by atoms with Crippen LogP contribution < -0.4 is 4.74 Å². The first kappa shape index (κ1) is 15.7. The topological polar surface area (TPSA) is 52.3 Å². The summed E-state index contributed by atoms with van der Waals surface area (Å²) in [4.78, 5) is 0.752. The predicted octanol–water partition coefficient (Wildman–Crippen LogP) is 4.96. The second-order valence-corrected chi connectivity index (χ2v) is 7.84. The van der Waals surface area contributed by atoms with Gasteiger partial charge < -0.3 is 4.74 Å². The summed E-state index contributed by atoms with van der Waals surface area (Å²) < 4.78 is 9.57. The molecule has 0 saturated carbocycles. The molecule has 0 atom stereocenters. The van der Waals surface area contributed by atoms with Gasteiger partial charge in [-0.15, -0.1) is 10.2 Å². The van der Waals surface area contributed by atoms with E-state index in [-0.39, 0.29) is 0 Å². The second kappa shape index (κ2) is 6.62. The molecule has 120 valence electrons. The summed E-state index contributed by atoms with van der Waals surface area (Å²) >= 11 is 8.31. The highest BCUT2D eigenvalue weighted by Crippen LogP contribution is 2.24. The maximum absolute atomic E-state index is 5.77. The minimum atomic E-state index is 0.398. The number of hydrogen-bond acceptors (Lipinski definition) is 5. The van der Waals surface area contributed by atoms with E-state index in [1.54, 1.807) is 4.52 Å². The van der Waals surface area contributed by atoms with Crippen LogP contribution in [0.2, 0.25) is 0 Å². The fraction of sp³-hybridized carbons (Fsp3) is 0.0625. The summed E-state index contributed by atoms with van der Waals surface area (Å²) in [5, 5.41) is 13.8. The highest BCUT2D eigenvalue weighted by Gasteiger charge is 2.13. The largest absolute Gasteiger partial charge is 0.486 e. The van der Waals surface area contributed by atoms with E-state index < -0.39 is 0 Å². The monoisotopic (exact) mass is 464 g/mol. The van der Waals surface area contributed by atoms with Crippen molar-refractivity contribution in [3.05, 3.63) is 62.5 Å². The summed E-state index contributed by atoms with van der Waals surface area (Å²) in [6.07, 6.45) is 0. The van der Waals surface area contributed by atoms with Crippen LogP contribution in [0.4, 0.5) is 0 Å². The van der Waals surface area contributed by atoms with Gasteiger partial charge in [-0.05, 0) is 36.4 Å². The average molecular weight is 466 g/mol. The Kier molecular flexibility index (Phi) is 4.34. The van der Waals surface area contributed by atoms with Crippen LogP contribution in [0, 0.1) is 0 Å². The zero-order chi connectivity index (χ0) is 16.5. The normalized spacial score (nSPS) is 11.1. The fourth-order valence-corrected chi connectivity index (χ4v) is 3.44. The molecule has 0 amide bonds. The van der Waals surface area contributed by atoms with Gasteiger partial charge in [0.05, 0.1) is 0 Å². The predicted molar refractivity (Wildman–Crippen MR) is 100 cm³/mol. The number of ether oxygens (including phenoxy) is 1. The van der Waals surface area contributed by atoms with Crippen LogP contribution in [0.25, 0.3) is 16.3 Å². The van der Waals surface area contributed by atoms with Crippen molar-refractivity contribution in [3.63, 3.8) is 0 Å². The van der Waals surface area contributed by atoms with Crippen molar-refractivity contribution in [2.45, 2.75) is 6.61 Å². The molecule has 2 aromatic heterocycles. The molecule has 0 fully saturated rings. The van der Waals surface area contributed by atoms with E-state index in [9.17, 15) is 0 Å². The van der Waals surface area contributed by atoms with Crippen LogP contribution in [0.5, 0.6) is 5.75 Å². The van der Waals surface area contributed by atoms with Crippen LogP contribution in [-0.4, -0.2) is 19.8 Å². The van der Waals surface area contributed by atoms with E-state index in [4.69, 9.17) is 4.74 Å². The number of hydrogen-bond donors (Lipinski definition) is 0. The third-order valence-corrected chi connectivity index (χ3v) is 5.24. The van der Waals surface area contributed by atoms with Gasteiger partial charge in [-0.25, -0.2) is 0 Å². The minimum absolute atomic E-state index is 0.398. The fourth-order valence-electron chi connectivity index (χ4n) is 2.17. The molecule has 0 spiro atoms. The Morgan fingerprint density at radius 2 is 1.58 bits per heavy atom. The molecule has 2 aromatic carbocycles. The zero-order valence-electron chi connectivity index (χ0n) is 12.2. The molecule has 0 bridgehead atoms. The Hall–Kier alpha value is -1.77. The number of aromatic nitrogens is 4. The van der Waals surface area contributed by atoms with Gasteiger partial charge in [0.2, 0.25) is 4.96 Å². The molecule has 0 N–H and O–H groups in total. The molecule has 0 unspecified atom stereocenters. The summed E-state index contributed by atoms with van der Waals surface area (Å²) in [5.74, 6) is 1.53. The molecular weight excluding hydrogens is 456 g/mol. The quantitative estimate of drug-likeness (QED) is 0.427. The number of benzene rings is 2. The van der Waals surface area contributed by atoms with Gasteiger partial charge in [0.1, 0.15) is 12.4 Å². The number of rotatable bonds is 4. The van der Waals surface area contributed by atoms with E-state index in [1.165, 1.54) is 11.3 Å². The Bertz CT molecular complexity index is 980. The van der Waals surface area contributed by atoms with Crippen molar-refractivity contribution in [3.8, 4) is 17.1 Å². The molecule has 2 heterocycles. The first-order chi connectivity index (χ1) is 11.7. The number of nitrogens with zero attached hydrogens (tertiary/aromatic N) is 4. The first-order valence-corrected chi connectivity index (χ1v) is 9.45. The maximum atomic E-state index is 5.77. The molecule has 0 aliphatic rings. The lowest BCUT2D eigenvalue weighted by atomic mass is 10.2. The van der Waals surface area contributed by atoms with Crippen molar-refractivity contribution >= 4 is 48.2 Å². The zero-order valence-corrected chi connectivity index (χ0v) is 16.2. The van der Waals surface area contributed by atoms with Crippen LogP contribution in [0.1, 0.15) is 5.01 Å². The lowest BCUT2D eigenvalue weighted by Crippen LogP contribution is -1.97. The van der Waals surface area contributed by atoms with Gasteiger partial charge in [-0.1, -0.05) is 55.3 Å². The Balaban J connectivity index is 1.57. The van der Waals surface area contributed by atoms with Crippen molar-refractivity contribution in [1.82, 2.24) is 19.8 Å². The highest BCUT2D eigenvalue weighted by atomic mass is 79.9. The molecule has 5 nitrogen and oxygen atoms in total. The SMILES string of the molecule is Brc1ccc(OCc2nn3c(-c4ccc(Br)cc4)nnc3s2)cc1. The summed E-state index contributed by atoms with van der Waals surface area (Å²) in [7, 11) is 0. The molecule has 24 heavy (non-hydrogen) atoms. The smallest absolute Gasteiger partial charge is 0.235 e. The molecule has 4 aromatic rings. The van der Waals surface area contributed by atoms with E-state index in [0.717, 1.165) is 36.1 Å². The highest BCUT2D eigenvalue weighted by molar-refractivity contribution is 9.10. The molecule has 8 heteroatoms. The van der Waals surface area contributed by atoms with Crippen molar-refractivity contribution in [2.24, 2.45) is 0 Å². The molecular formula is C16H10Br2N4OS. The molecule has 0 saturated heterocycles. The molecule has 0 aliphatic carbocycles. The average Bonchev–Trinajstić information content (AvgIpc) is 3.15. The van der Waals surface area contributed by atoms with Gasteiger partial charge in [-0.3, -0.25) is 0 Å². The van der Waals surface area contributed by atoms with E-state index in [1.807, 2.05) is 48.5 Å². The summed E-state index contributed by atoms with van der Waals surface area (Å²) in [6, 6.07) is 15.6. The third kappa shape index (κ3) is 3.22. The van der Waals surface area contributed by atoms with Gasteiger partial charge in [0.25, 0.3) is 0 Å². The third-order valence-electron chi connectivity index (χ3n) is 3.31. The Labute approximate surface area is 158 Å². The van der Waals surface area contributed by atoms with Crippen molar-refractivity contribution < 1.29 is 4.74 Å². The van der Waals surface area contributed by atoms with E-state index in [0.29, 0.717) is 6.61 Å². The Morgan fingerprint density at radius 1 is 0.917 bits per heavy atom. The van der Waals surface area contributed by atoms with E-state index >= 15 is 0 Å². The lowest BCUT2D eigenvalue weighted by molar-refractivity contribution is 0.304. The van der Waals surface area contributed by atoms with Gasteiger partial charge in [0, 0.05) is 14.5 Å². The molecule has 0 aliphatic heterocycles. The van der Waals surface area contributed by atoms with Gasteiger partial charge in [-0.2, -0.15) is 9.61 Å². The minimum Gasteiger partial charge on any atom is -0.486 e. The van der Waals surface area contributed by atoms with Gasteiger partial charge >= 0.3 is 0 Å². The first-order valence-electron chi connectivity index (χ1n) is 7.04. The van der Waals surface area contributed by atoms with Crippen molar-refractivity contribution in [2.75, 3.05) is 0 Å². The maximum Gasteiger partial charge on any atom is 0.235 e. The number of fused-ring (bicyclic) bond motifs is 1. The van der Waals surface area contributed by atoms with Gasteiger partial charge in [0.15, 0.2) is 10.8 Å². The van der Waals surface area contributed by atoms with Crippen LogP contribution in [0.15, 0.2) is 57.5 Å². The van der Waals surface area contributed by atoms with Crippen LogP contribution in [0.3, 0.4) is 0 Å². The lowest BCUT2D eigenvalue weighted by Gasteiger charge is -2.03. The number of halogens is 2. The van der Waals surface area contributed by atoms with Crippen LogP contribution in [-0.2, 0) is 6.61 Å². The standard InChI is InChI=1S/C16H10Br2N4OS/c17-11-3-1-10(2-4-11)15-19-20-16-22(15)21-14(24-16)9-23-13-7-5-12(18)6-8-13/h1-8H,9H2. The summed E-state index contributed by atoms with van der Waals surface area (Å²) in [5.41, 5.74) is 0.969. The summed E-state index contributed by atoms with van der Waals surface area (Å²) in [6.45, 7) is 0.398. The Morgan fingerprint density at radius 3 is 2.29 bits per heavy atom. The van der Waals surface area contributed by atoms with Crippen LogP contribution >= 0.6 is 43.2 Å². The van der Waals surface area contributed by atoms with Crippen molar-refractivity contribution in [1.29, 1.82) is 0 Å². The molecule has 0 radical (unpaired) electrons. The molecule has 4 rings (SSSR count). The second-order valence-electron chi connectivity index (χ2n) is 4.96.